The van der Waals surface area contributed by atoms with Crippen LogP contribution in [0.15, 0.2) is 59.7 Å². The van der Waals surface area contributed by atoms with Crippen molar-refractivity contribution in [2.24, 2.45) is 10.7 Å². The van der Waals surface area contributed by atoms with Crippen LogP contribution in [0, 0.1) is 0 Å². The number of aryl methyl sites for hydroxylation is 1. The first-order chi connectivity index (χ1) is 13.2. The van der Waals surface area contributed by atoms with Crippen LogP contribution in [0.3, 0.4) is 0 Å². The van der Waals surface area contributed by atoms with Crippen molar-refractivity contribution < 1.29 is 4.74 Å². The summed E-state index contributed by atoms with van der Waals surface area (Å²) in [4.78, 5) is 8.49. The molecular formula is C20H27N5OS. The highest BCUT2D eigenvalue weighted by Gasteiger charge is 1.99. The van der Waals surface area contributed by atoms with Crippen molar-refractivity contribution in [1.82, 2.24) is 15.6 Å². The minimum Gasteiger partial charge on any atom is -0.379 e. The molecule has 7 heteroatoms. The fraction of sp³-hybridized carbons (Fsp3) is 0.350. The molecule has 0 amide bonds. The minimum atomic E-state index is 0.295. The molecule has 144 valence electrons. The van der Waals surface area contributed by atoms with Gasteiger partial charge in [0.25, 0.3) is 0 Å². The Balaban J connectivity index is 1.49. The predicted octanol–water partition coefficient (Wildman–Crippen LogP) is 2.05. The van der Waals surface area contributed by atoms with Gasteiger partial charge in [0.1, 0.15) is 0 Å². The second-order valence-electron chi connectivity index (χ2n) is 5.92. The van der Waals surface area contributed by atoms with Crippen LogP contribution in [-0.2, 0) is 17.6 Å². The molecule has 0 radical (unpaired) electrons. The molecule has 0 unspecified atom stereocenters. The number of nitrogens with zero attached hydrogens (tertiary/aromatic N) is 2. The molecule has 0 spiro atoms. The normalized spacial score (nSPS) is 11.2. The molecule has 27 heavy (non-hydrogen) atoms. The SMILES string of the molecule is NC(=NCCOCCc1ccccc1)NC(=S)NCCCc1ccccn1. The van der Waals surface area contributed by atoms with Gasteiger partial charge in [-0.1, -0.05) is 36.4 Å². The smallest absolute Gasteiger partial charge is 0.194 e. The maximum absolute atomic E-state index is 5.82. The monoisotopic (exact) mass is 385 g/mol. The Hall–Kier alpha value is -2.51. The Morgan fingerprint density at radius 3 is 2.67 bits per heavy atom. The van der Waals surface area contributed by atoms with E-state index in [0.717, 1.165) is 31.5 Å². The summed E-state index contributed by atoms with van der Waals surface area (Å²) in [6, 6.07) is 16.2. The quantitative estimate of drug-likeness (QED) is 0.251. The molecule has 6 nitrogen and oxygen atoms in total. The van der Waals surface area contributed by atoms with E-state index in [4.69, 9.17) is 22.7 Å². The first-order valence-electron chi connectivity index (χ1n) is 9.10. The molecule has 4 N–H and O–H groups in total. The molecule has 1 heterocycles. The van der Waals surface area contributed by atoms with Crippen molar-refractivity contribution in [3.8, 4) is 0 Å². The topological polar surface area (TPSA) is 84.6 Å². The van der Waals surface area contributed by atoms with Crippen molar-refractivity contribution in [3.63, 3.8) is 0 Å². The fourth-order valence-corrected chi connectivity index (χ4v) is 2.59. The molecule has 0 fully saturated rings. The van der Waals surface area contributed by atoms with Gasteiger partial charge in [0.2, 0.25) is 0 Å². The predicted molar refractivity (Wildman–Crippen MR) is 114 cm³/mol. The first kappa shape index (κ1) is 20.8. The third-order valence-corrected chi connectivity index (χ3v) is 4.01. The van der Waals surface area contributed by atoms with Gasteiger partial charge in [-0.2, -0.15) is 0 Å². The van der Waals surface area contributed by atoms with Crippen LogP contribution in [-0.4, -0.2) is 42.4 Å². The molecule has 0 aliphatic heterocycles. The number of thiocarbonyl (C=S) groups is 1. The number of guanidine groups is 1. The lowest BCUT2D eigenvalue weighted by Gasteiger charge is -2.10. The number of rotatable bonds is 10. The lowest BCUT2D eigenvalue weighted by molar-refractivity contribution is 0.145. The molecule has 0 aliphatic carbocycles. The average molecular weight is 386 g/mol. The number of pyridine rings is 1. The minimum absolute atomic E-state index is 0.295. The van der Waals surface area contributed by atoms with E-state index in [-0.39, 0.29) is 0 Å². The number of nitrogens with two attached hydrogens (primary N) is 1. The third-order valence-electron chi connectivity index (χ3n) is 3.76. The average Bonchev–Trinajstić information content (AvgIpc) is 2.69. The molecule has 0 atom stereocenters. The zero-order chi connectivity index (χ0) is 19.2. The second kappa shape index (κ2) is 12.8. The molecule has 0 saturated carbocycles. The van der Waals surface area contributed by atoms with Crippen LogP contribution in [0.4, 0.5) is 0 Å². The summed E-state index contributed by atoms with van der Waals surface area (Å²) in [6.07, 6.45) is 4.54. The van der Waals surface area contributed by atoms with Crippen LogP contribution in [0.1, 0.15) is 17.7 Å². The molecular weight excluding hydrogens is 358 g/mol. The summed E-state index contributed by atoms with van der Waals surface area (Å²) in [5, 5.41) is 6.46. The largest absolute Gasteiger partial charge is 0.379 e. The van der Waals surface area contributed by atoms with E-state index in [2.05, 4.69) is 32.7 Å². The van der Waals surface area contributed by atoms with Crippen LogP contribution in [0.25, 0.3) is 0 Å². The standard InChI is InChI=1S/C20H27N5OS/c21-19(23-14-16-26-15-11-17-7-2-1-3-8-17)25-20(27)24-13-6-10-18-9-4-5-12-22-18/h1-5,7-9,12H,6,10-11,13-16H2,(H4,21,23,24,25,27). The number of ether oxygens (including phenoxy) is 1. The highest BCUT2D eigenvalue weighted by Crippen LogP contribution is 1.99. The van der Waals surface area contributed by atoms with E-state index in [1.807, 2.05) is 36.4 Å². The van der Waals surface area contributed by atoms with Crippen LogP contribution >= 0.6 is 12.2 Å². The Morgan fingerprint density at radius 1 is 1.07 bits per heavy atom. The zero-order valence-corrected chi connectivity index (χ0v) is 16.3. The Bertz CT molecular complexity index is 694. The van der Waals surface area contributed by atoms with Gasteiger partial charge in [0, 0.05) is 18.4 Å². The molecule has 1 aromatic heterocycles. The highest BCUT2D eigenvalue weighted by atomic mass is 32.1. The number of aliphatic imine (C=N–C) groups is 1. The number of aromatic nitrogens is 1. The van der Waals surface area contributed by atoms with Gasteiger partial charge in [-0.25, -0.2) is 0 Å². The van der Waals surface area contributed by atoms with E-state index in [1.165, 1.54) is 5.56 Å². The molecule has 1 aromatic carbocycles. The molecule has 0 bridgehead atoms. The van der Waals surface area contributed by atoms with Crippen molar-refractivity contribution in [1.29, 1.82) is 0 Å². The van der Waals surface area contributed by atoms with Crippen molar-refractivity contribution >= 4 is 23.3 Å². The van der Waals surface area contributed by atoms with E-state index in [0.29, 0.717) is 30.8 Å². The Labute approximate surface area is 166 Å². The summed E-state index contributed by atoms with van der Waals surface area (Å²) < 4.78 is 5.57. The summed E-state index contributed by atoms with van der Waals surface area (Å²) in [6.45, 7) is 2.44. The van der Waals surface area contributed by atoms with Gasteiger partial charge >= 0.3 is 0 Å². The van der Waals surface area contributed by atoms with Gasteiger partial charge in [-0.3, -0.25) is 9.98 Å². The van der Waals surface area contributed by atoms with Gasteiger partial charge in [-0.05, 0) is 49.2 Å². The summed E-state index contributed by atoms with van der Waals surface area (Å²) in [5.74, 6) is 0.295. The number of hydrogen-bond donors (Lipinski definition) is 3. The summed E-state index contributed by atoms with van der Waals surface area (Å²) >= 11 is 5.20. The lowest BCUT2D eigenvalue weighted by Crippen LogP contribution is -2.43. The van der Waals surface area contributed by atoms with Gasteiger partial charge in [-0.15, -0.1) is 0 Å². The van der Waals surface area contributed by atoms with Crippen molar-refractivity contribution in [3.05, 3.63) is 66.0 Å². The third kappa shape index (κ3) is 9.67. The molecule has 2 aromatic rings. The molecule has 0 saturated heterocycles. The fourth-order valence-electron chi connectivity index (χ4n) is 2.38. The van der Waals surface area contributed by atoms with Crippen LogP contribution < -0.4 is 16.4 Å². The van der Waals surface area contributed by atoms with Crippen molar-refractivity contribution in [2.45, 2.75) is 19.3 Å². The summed E-state index contributed by atoms with van der Waals surface area (Å²) in [5.41, 5.74) is 8.16. The zero-order valence-electron chi connectivity index (χ0n) is 15.4. The first-order valence-corrected chi connectivity index (χ1v) is 9.51. The number of benzene rings is 1. The second-order valence-corrected chi connectivity index (χ2v) is 6.33. The van der Waals surface area contributed by atoms with E-state index in [1.54, 1.807) is 6.20 Å². The van der Waals surface area contributed by atoms with E-state index in [9.17, 15) is 0 Å². The highest BCUT2D eigenvalue weighted by molar-refractivity contribution is 7.80. The Morgan fingerprint density at radius 2 is 1.89 bits per heavy atom. The van der Waals surface area contributed by atoms with E-state index >= 15 is 0 Å². The van der Waals surface area contributed by atoms with Crippen LogP contribution in [0.2, 0.25) is 0 Å². The lowest BCUT2D eigenvalue weighted by atomic mass is 10.2. The summed E-state index contributed by atoms with van der Waals surface area (Å²) in [7, 11) is 0. The van der Waals surface area contributed by atoms with E-state index < -0.39 is 0 Å². The number of hydrogen-bond acceptors (Lipinski definition) is 4. The van der Waals surface area contributed by atoms with Gasteiger partial charge in [0.05, 0.1) is 19.8 Å². The van der Waals surface area contributed by atoms with Crippen LogP contribution in [0.5, 0.6) is 0 Å². The maximum Gasteiger partial charge on any atom is 0.194 e. The number of nitrogens with one attached hydrogen (secondary N) is 2. The maximum atomic E-state index is 5.82. The Kier molecular flexibility index (Phi) is 9.84. The van der Waals surface area contributed by atoms with Gasteiger partial charge < -0.3 is 21.1 Å². The van der Waals surface area contributed by atoms with Crippen molar-refractivity contribution in [2.75, 3.05) is 26.3 Å². The van der Waals surface area contributed by atoms with Gasteiger partial charge in [0.15, 0.2) is 11.1 Å². The molecule has 2 rings (SSSR count). The molecule has 0 aliphatic rings.